The molecule has 2 aromatic carbocycles. The van der Waals surface area contributed by atoms with Crippen LogP contribution in [-0.4, -0.2) is 27.8 Å². The summed E-state index contributed by atoms with van der Waals surface area (Å²) in [6.07, 6.45) is 0.202. The second kappa shape index (κ2) is 10.1. The SMILES string of the molecule is Cc1nn(-c2ccc(F)cc2)c(C)c1CC(=O)NCc1ccc(NC(=O)NC(C)C)cc1. The number of nitrogens with one attached hydrogen (secondary N) is 3. The highest BCUT2D eigenvalue weighted by molar-refractivity contribution is 5.89. The van der Waals surface area contributed by atoms with Crippen molar-refractivity contribution in [2.45, 2.75) is 46.7 Å². The Balaban J connectivity index is 1.57. The zero-order chi connectivity index (χ0) is 23.3. The molecule has 0 fully saturated rings. The number of aromatic nitrogens is 2. The molecular weight excluding hydrogens is 409 g/mol. The standard InChI is InChI=1S/C24H28FN5O2/c1-15(2)27-24(32)28-20-9-5-18(6-10-20)14-26-23(31)13-22-16(3)29-30(17(22)4)21-11-7-19(25)8-12-21/h5-12,15H,13-14H2,1-4H3,(H,26,31)(H2,27,28,32). The van der Waals surface area contributed by atoms with Crippen molar-refractivity contribution in [3.05, 3.63) is 76.9 Å². The quantitative estimate of drug-likeness (QED) is 0.522. The zero-order valence-corrected chi connectivity index (χ0v) is 18.7. The van der Waals surface area contributed by atoms with Crippen LogP contribution in [0, 0.1) is 19.7 Å². The minimum atomic E-state index is -0.308. The third-order valence-electron chi connectivity index (χ3n) is 4.97. The average molecular weight is 438 g/mol. The summed E-state index contributed by atoms with van der Waals surface area (Å²) in [6, 6.07) is 13.2. The molecular formula is C24H28FN5O2. The lowest BCUT2D eigenvalue weighted by Crippen LogP contribution is -2.34. The molecule has 3 N–H and O–H groups in total. The Labute approximate surface area is 187 Å². The van der Waals surface area contributed by atoms with Gasteiger partial charge in [-0.3, -0.25) is 4.79 Å². The molecule has 168 valence electrons. The lowest BCUT2D eigenvalue weighted by atomic mass is 10.1. The number of benzene rings is 2. The van der Waals surface area contributed by atoms with E-state index in [-0.39, 0.29) is 30.2 Å². The Bertz CT molecular complexity index is 1090. The van der Waals surface area contributed by atoms with Crippen molar-refractivity contribution in [3.8, 4) is 5.69 Å². The number of hydrogen-bond acceptors (Lipinski definition) is 3. The summed E-state index contributed by atoms with van der Waals surface area (Å²) < 4.78 is 14.9. The molecule has 0 radical (unpaired) electrons. The smallest absolute Gasteiger partial charge is 0.319 e. The third-order valence-corrected chi connectivity index (χ3v) is 4.97. The number of rotatable bonds is 7. The van der Waals surface area contributed by atoms with Crippen LogP contribution in [0.4, 0.5) is 14.9 Å². The van der Waals surface area contributed by atoms with E-state index >= 15 is 0 Å². The second-order valence-corrected chi connectivity index (χ2v) is 7.94. The first-order chi connectivity index (χ1) is 15.2. The molecule has 0 saturated heterocycles. The minimum Gasteiger partial charge on any atom is -0.352 e. The first kappa shape index (κ1) is 23.0. The van der Waals surface area contributed by atoms with Gasteiger partial charge in [0.1, 0.15) is 5.82 Å². The molecule has 1 heterocycles. The van der Waals surface area contributed by atoms with Crippen LogP contribution in [-0.2, 0) is 17.8 Å². The number of aryl methyl sites for hydroxylation is 1. The van der Waals surface area contributed by atoms with E-state index in [9.17, 15) is 14.0 Å². The number of halogens is 1. The predicted molar refractivity (Wildman–Crippen MR) is 122 cm³/mol. The van der Waals surface area contributed by atoms with Crippen LogP contribution >= 0.6 is 0 Å². The van der Waals surface area contributed by atoms with Gasteiger partial charge in [-0.2, -0.15) is 5.10 Å². The van der Waals surface area contributed by atoms with Gasteiger partial charge in [0.05, 0.1) is 17.8 Å². The molecule has 3 amide bonds. The molecule has 1 aromatic heterocycles. The molecule has 3 aromatic rings. The van der Waals surface area contributed by atoms with Crippen molar-refractivity contribution < 1.29 is 14.0 Å². The molecule has 0 saturated carbocycles. The predicted octanol–water partition coefficient (Wildman–Crippen LogP) is 4.02. The number of carbonyl (C=O) groups excluding carboxylic acids is 2. The van der Waals surface area contributed by atoms with Gasteiger partial charge in [-0.25, -0.2) is 13.9 Å². The van der Waals surface area contributed by atoms with Crippen LogP contribution < -0.4 is 16.0 Å². The molecule has 0 aliphatic carbocycles. The number of urea groups is 1. The summed E-state index contributed by atoms with van der Waals surface area (Å²) in [5.41, 5.74) is 4.80. The molecule has 0 spiro atoms. The normalized spacial score (nSPS) is 10.8. The van der Waals surface area contributed by atoms with Crippen LogP contribution in [0.15, 0.2) is 48.5 Å². The number of anilines is 1. The van der Waals surface area contributed by atoms with E-state index in [1.54, 1.807) is 28.9 Å². The van der Waals surface area contributed by atoms with Crippen LogP contribution in [0.1, 0.15) is 36.4 Å². The maximum absolute atomic E-state index is 13.2. The van der Waals surface area contributed by atoms with Crippen molar-refractivity contribution in [2.75, 3.05) is 5.32 Å². The van der Waals surface area contributed by atoms with Crippen molar-refractivity contribution in [2.24, 2.45) is 0 Å². The highest BCUT2D eigenvalue weighted by Gasteiger charge is 2.16. The fourth-order valence-electron chi connectivity index (χ4n) is 3.32. The number of amides is 3. The molecule has 0 aliphatic heterocycles. The monoisotopic (exact) mass is 437 g/mol. The van der Waals surface area contributed by atoms with Crippen LogP contribution in [0.2, 0.25) is 0 Å². The average Bonchev–Trinajstić information content (AvgIpc) is 3.01. The van der Waals surface area contributed by atoms with Crippen molar-refractivity contribution in [1.82, 2.24) is 20.4 Å². The van der Waals surface area contributed by atoms with Gasteiger partial charge in [-0.1, -0.05) is 12.1 Å². The van der Waals surface area contributed by atoms with Crippen LogP contribution in [0.5, 0.6) is 0 Å². The number of carbonyl (C=O) groups is 2. The van der Waals surface area contributed by atoms with Crippen LogP contribution in [0.25, 0.3) is 5.69 Å². The van der Waals surface area contributed by atoms with Crippen molar-refractivity contribution in [1.29, 1.82) is 0 Å². The maximum atomic E-state index is 13.2. The van der Waals surface area contributed by atoms with Gasteiger partial charge in [-0.15, -0.1) is 0 Å². The summed E-state index contributed by atoms with van der Waals surface area (Å²) in [5.74, 6) is -0.425. The molecule has 7 nitrogen and oxygen atoms in total. The second-order valence-electron chi connectivity index (χ2n) is 7.94. The fourth-order valence-corrected chi connectivity index (χ4v) is 3.32. The number of nitrogens with zero attached hydrogens (tertiary/aromatic N) is 2. The molecule has 0 atom stereocenters. The molecule has 3 rings (SSSR count). The number of hydrogen-bond donors (Lipinski definition) is 3. The van der Waals surface area contributed by atoms with Gasteiger partial charge in [-0.05, 0) is 69.7 Å². The van der Waals surface area contributed by atoms with E-state index < -0.39 is 0 Å². The largest absolute Gasteiger partial charge is 0.352 e. The Hall–Kier alpha value is -3.68. The molecule has 0 unspecified atom stereocenters. The summed E-state index contributed by atoms with van der Waals surface area (Å²) in [4.78, 5) is 24.3. The Morgan fingerprint density at radius 2 is 1.69 bits per heavy atom. The fraction of sp³-hybridized carbons (Fsp3) is 0.292. The van der Waals surface area contributed by atoms with Gasteiger partial charge in [0.15, 0.2) is 0 Å². The van der Waals surface area contributed by atoms with Crippen molar-refractivity contribution >= 4 is 17.6 Å². The highest BCUT2D eigenvalue weighted by atomic mass is 19.1. The maximum Gasteiger partial charge on any atom is 0.319 e. The summed E-state index contributed by atoms with van der Waals surface area (Å²) in [6.45, 7) is 7.91. The first-order valence-corrected chi connectivity index (χ1v) is 10.5. The Kier molecular flexibility index (Phi) is 7.25. The Morgan fingerprint density at radius 3 is 2.31 bits per heavy atom. The first-order valence-electron chi connectivity index (χ1n) is 10.5. The van der Waals surface area contributed by atoms with Gasteiger partial charge >= 0.3 is 6.03 Å². The topological polar surface area (TPSA) is 88.1 Å². The lowest BCUT2D eigenvalue weighted by Gasteiger charge is -2.11. The van der Waals surface area contributed by atoms with E-state index in [0.29, 0.717) is 12.2 Å². The van der Waals surface area contributed by atoms with E-state index in [4.69, 9.17) is 0 Å². The summed E-state index contributed by atoms with van der Waals surface area (Å²) >= 11 is 0. The van der Waals surface area contributed by atoms with Gasteiger partial charge in [0, 0.05) is 29.5 Å². The molecule has 0 aliphatic rings. The van der Waals surface area contributed by atoms with E-state index in [0.717, 1.165) is 28.2 Å². The van der Waals surface area contributed by atoms with Gasteiger partial charge in [0.25, 0.3) is 0 Å². The third kappa shape index (κ3) is 5.94. The summed E-state index contributed by atoms with van der Waals surface area (Å²) in [7, 11) is 0. The highest BCUT2D eigenvalue weighted by Crippen LogP contribution is 2.19. The summed E-state index contributed by atoms with van der Waals surface area (Å²) in [5, 5.41) is 13.0. The van der Waals surface area contributed by atoms with E-state index in [1.807, 2.05) is 39.8 Å². The van der Waals surface area contributed by atoms with Crippen molar-refractivity contribution in [3.63, 3.8) is 0 Å². The molecule has 8 heteroatoms. The Morgan fingerprint density at radius 1 is 1.03 bits per heavy atom. The lowest BCUT2D eigenvalue weighted by molar-refractivity contribution is -0.120. The van der Waals surface area contributed by atoms with Gasteiger partial charge in [0.2, 0.25) is 5.91 Å². The van der Waals surface area contributed by atoms with Gasteiger partial charge < -0.3 is 16.0 Å². The molecule has 32 heavy (non-hydrogen) atoms. The minimum absolute atomic E-state index is 0.0551. The van der Waals surface area contributed by atoms with E-state index in [2.05, 4.69) is 21.0 Å². The zero-order valence-electron chi connectivity index (χ0n) is 18.7. The van der Waals surface area contributed by atoms with Crippen LogP contribution in [0.3, 0.4) is 0 Å². The van der Waals surface area contributed by atoms with E-state index in [1.165, 1.54) is 12.1 Å². The molecule has 0 bridgehead atoms.